The number of carbonyl (C=O) groups excluding carboxylic acids is 1. The largest absolute Gasteiger partial charge is 0.338 e. The molecular weight excluding hydrogens is 420 g/mol. The molecule has 6 heteroatoms. The van der Waals surface area contributed by atoms with Crippen LogP contribution in [0.4, 0.5) is 4.39 Å². The Morgan fingerprint density at radius 2 is 1.92 bits per heavy atom. The number of nitrogens with zero attached hydrogens (tertiary/aromatic N) is 2. The van der Waals surface area contributed by atoms with Gasteiger partial charge in [-0.25, -0.2) is 9.37 Å². The van der Waals surface area contributed by atoms with Crippen LogP contribution in [0.5, 0.6) is 0 Å². The minimum atomic E-state index is -0.464. The Morgan fingerprint density at radius 1 is 1.21 bits per heavy atom. The SMILES string of the molecule is Cn1ccnc1[C@@H](NC(=O)c1ccccc1I)c1ccc(F)cc1. The van der Waals surface area contributed by atoms with Gasteiger partial charge in [0, 0.05) is 23.0 Å². The number of hydrogen-bond donors (Lipinski definition) is 1. The number of hydrogen-bond acceptors (Lipinski definition) is 2. The van der Waals surface area contributed by atoms with Crippen LogP contribution in [0.15, 0.2) is 60.9 Å². The van der Waals surface area contributed by atoms with Crippen molar-refractivity contribution in [1.82, 2.24) is 14.9 Å². The number of amides is 1. The Morgan fingerprint density at radius 3 is 2.54 bits per heavy atom. The second-order valence-electron chi connectivity index (χ2n) is 5.33. The molecule has 0 bridgehead atoms. The van der Waals surface area contributed by atoms with Crippen LogP contribution in [0.3, 0.4) is 0 Å². The molecule has 0 aliphatic carbocycles. The van der Waals surface area contributed by atoms with Crippen LogP contribution in [0.1, 0.15) is 27.8 Å². The van der Waals surface area contributed by atoms with E-state index in [1.54, 1.807) is 24.4 Å². The summed E-state index contributed by atoms with van der Waals surface area (Å²) in [6, 6.07) is 13.0. The summed E-state index contributed by atoms with van der Waals surface area (Å²) in [5.74, 6) is 0.166. The molecule has 0 spiro atoms. The molecule has 3 rings (SSSR count). The van der Waals surface area contributed by atoms with Gasteiger partial charge in [-0.2, -0.15) is 0 Å². The number of aromatic nitrogens is 2. The van der Waals surface area contributed by atoms with Crippen molar-refractivity contribution in [2.24, 2.45) is 7.05 Å². The normalized spacial score (nSPS) is 12.0. The average molecular weight is 435 g/mol. The first-order valence-corrected chi connectivity index (χ1v) is 8.42. The van der Waals surface area contributed by atoms with Gasteiger partial charge in [-0.15, -0.1) is 0 Å². The quantitative estimate of drug-likeness (QED) is 0.636. The molecule has 0 fully saturated rings. The van der Waals surface area contributed by atoms with E-state index in [4.69, 9.17) is 0 Å². The Labute approximate surface area is 152 Å². The third-order valence-corrected chi connectivity index (χ3v) is 4.65. The fourth-order valence-corrected chi connectivity index (χ4v) is 3.09. The predicted octanol–water partition coefficient (Wildman–Crippen LogP) is 3.68. The highest BCUT2D eigenvalue weighted by Gasteiger charge is 2.22. The van der Waals surface area contributed by atoms with Gasteiger partial charge in [0.05, 0.1) is 5.56 Å². The Balaban J connectivity index is 1.97. The monoisotopic (exact) mass is 435 g/mol. The Hall–Kier alpha value is -2.22. The lowest BCUT2D eigenvalue weighted by Gasteiger charge is -2.19. The summed E-state index contributed by atoms with van der Waals surface area (Å²) in [4.78, 5) is 17.0. The maximum Gasteiger partial charge on any atom is 0.253 e. The molecule has 3 aromatic rings. The van der Waals surface area contributed by atoms with E-state index in [1.807, 2.05) is 36.0 Å². The fraction of sp³-hybridized carbons (Fsp3) is 0.111. The molecule has 0 aliphatic rings. The van der Waals surface area contributed by atoms with E-state index in [0.717, 1.165) is 9.13 Å². The summed E-state index contributed by atoms with van der Waals surface area (Å²) >= 11 is 2.13. The van der Waals surface area contributed by atoms with Crippen molar-refractivity contribution in [3.05, 3.63) is 87.3 Å². The van der Waals surface area contributed by atoms with Gasteiger partial charge in [0.2, 0.25) is 0 Å². The van der Waals surface area contributed by atoms with Crippen LogP contribution in [0.25, 0.3) is 0 Å². The first-order valence-electron chi connectivity index (χ1n) is 7.34. The Bertz CT molecular complexity index is 861. The molecule has 0 saturated carbocycles. The van der Waals surface area contributed by atoms with Gasteiger partial charge in [0.15, 0.2) is 0 Å². The molecule has 122 valence electrons. The highest BCUT2D eigenvalue weighted by Crippen LogP contribution is 2.22. The van der Waals surface area contributed by atoms with Crippen molar-refractivity contribution in [3.63, 3.8) is 0 Å². The number of rotatable bonds is 4. The molecule has 0 unspecified atom stereocenters. The van der Waals surface area contributed by atoms with Gasteiger partial charge >= 0.3 is 0 Å². The zero-order valence-electron chi connectivity index (χ0n) is 12.9. The lowest BCUT2D eigenvalue weighted by atomic mass is 10.1. The first kappa shape index (κ1) is 16.6. The van der Waals surface area contributed by atoms with Gasteiger partial charge in [-0.3, -0.25) is 4.79 Å². The molecule has 1 atom stereocenters. The standard InChI is InChI=1S/C18H15FIN3O/c1-23-11-10-21-17(23)16(12-6-8-13(19)9-7-12)22-18(24)14-4-2-3-5-15(14)20/h2-11,16H,1H3,(H,22,24)/t16-/m0/s1. The number of aryl methyl sites for hydroxylation is 1. The van der Waals surface area contributed by atoms with Crippen molar-refractivity contribution in [2.75, 3.05) is 0 Å². The van der Waals surface area contributed by atoms with Crippen LogP contribution >= 0.6 is 22.6 Å². The molecule has 0 saturated heterocycles. The molecule has 4 nitrogen and oxygen atoms in total. The van der Waals surface area contributed by atoms with Crippen molar-refractivity contribution in [2.45, 2.75) is 6.04 Å². The smallest absolute Gasteiger partial charge is 0.253 e. The average Bonchev–Trinajstić information content (AvgIpc) is 2.99. The number of carbonyl (C=O) groups is 1. The van der Waals surface area contributed by atoms with Gasteiger partial charge in [-0.05, 0) is 52.4 Å². The molecule has 1 heterocycles. The van der Waals surface area contributed by atoms with Crippen molar-refractivity contribution in [1.29, 1.82) is 0 Å². The molecule has 0 radical (unpaired) electrons. The van der Waals surface area contributed by atoms with E-state index < -0.39 is 6.04 Å². The van der Waals surface area contributed by atoms with E-state index in [2.05, 4.69) is 32.9 Å². The van der Waals surface area contributed by atoms with E-state index in [1.165, 1.54) is 12.1 Å². The third-order valence-electron chi connectivity index (χ3n) is 3.71. The van der Waals surface area contributed by atoms with Crippen LogP contribution in [0, 0.1) is 9.39 Å². The first-order chi connectivity index (χ1) is 11.6. The minimum absolute atomic E-state index is 0.197. The van der Waals surface area contributed by atoms with E-state index in [9.17, 15) is 9.18 Å². The second-order valence-corrected chi connectivity index (χ2v) is 6.50. The van der Waals surface area contributed by atoms with Gasteiger partial charge in [0.1, 0.15) is 17.7 Å². The van der Waals surface area contributed by atoms with E-state index >= 15 is 0 Å². The van der Waals surface area contributed by atoms with Gasteiger partial charge in [-0.1, -0.05) is 24.3 Å². The predicted molar refractivity (Wildman–Crippen MR) is 98.1 cm³/mol. The minimum Gasteiger partial charge on any atom is -0.338 e. The van der Waals surface area contributed by atoms with Crippen LogP contribution in [-0.4, -0.2) is 15.5 Å². The molecule has 2 aromatic carbocycles. The van der Waals surface area contributed by atoms with Gasteiger partial charge < -0.3 is 9.88 Å². The maximum atomic E-state index is 13.2. The zero-order chi connectivity index (χ0) is 17.1. The van der Waals surface area contributed by atoms with Crippen LogP contribution in [0.2, 0.25) is 0 Å². The van der Waals surface area contributed by atoms with Crippen molar-refractivity contribution in [3.8, 4) is 0 Å². The van der Waals surface area contributed by atoms with Crippen molar-refractivity contribution >= 4 is 28.5 Å². The molecule has 1 amide bonds. The summed E-state index contributed by atoms with van der Waals surface area (Å²) in [6.07, 6.45) is 3.48. The summed E-state index contributed by atoms with van der Waals surface area (Å²) in [5, 5.41) is 3.00. The lowest BCUT2D eigenvalue weighted by molar-refractivity contribution is 0.0940. The fourth-order valence-electron chi connectivity index (χ4n) is 2.46. The molecule has 0 aliphatic heterocycles. The summed E-state index contributed by atoms with van der Waals surface area (Å²) < 4.78 is 15.9. The Kier molecular flexibility index (Phi) is 4.94. The van der Waals surface area contributed by atoms with Gasteiger partial charge in [0.25, 0.3) is 5.91 Å². The summed E-state index contributed by atoms with van der Waals surface area (Å²) in [5.41, 5.74) is 1.37. The van der Waals surface area contributed by atoms with E-state index in [-0.39, 0.29) is 11.7 Å². The third kappa shape index (κ3) is 3.48. The summed E-state index contributed by atoms with van der Waals surface area (Å²) in [6.45, 7) is 0. The van der Waals surface area contributed by atoms with Crippen molar-refractivity contribution < 1.29 is 9.18 Å². The molecular formula is C18H15FIN3O. The maximum absolute atomic E-state index is 13.2. The topological polar surface area (TPSA) is 46.9 Å². The number of nitrogens with one attached hydrogen (secondary N) is 1. The highest BCUT2D eigenvalue weighted by molar-refractivity contribution is 14.1. The van der Waals surface area contributed by atoms with Crippen LogP contribution < -0.4 is 5.32 Å². The molecule has 1 N–H and O–H groups in total. The summed E-state index contributed by atoms with van der Waals surface area (Å²) in [7, 11) is 1.86. The zero-order valence-corrected chi connectivity index (χ0v) is 15.1. The number of imidazole rings is 1. The number of halogens is 2. The lowest BCUT2D eigenvalue weighted by Crippen LogP contribution is -2.31. The van der Waals surface area contributed by atoms with Crippen LogP contribution in [-0.2, 0) is 7.05 Å². The number of benzene rings is 2. The highest BCUT2D eigenvalue weighted by atomic mass is 127. The molecule has 24 heavy (non-hydrogen) atoms. The second kappa shape index (κ2) is 7.12. The molecule has 1 aromatic heterocycles. The van der Waals surface area contributed by atoms with E-state index in [0.29, 0.717) is 11.4 Å².